The molecule has 17 heavy (non-hydrogen) atoms. The zero-order chi connectivity index (χ0) is 12.6. The van der Waals surface area contributed by atoms with Crippen molar-refractivity contribution in [2.24, 2.45) is 5.92 Å². The number of nitrogens with two attached hydrogens (primary N) is 1. The molecule has 1 fully saturated rings. The Balaban J connectivity index is 2.38. The molecule has 0 bridgehead atoms. The summed E-state index contributed by atoms with van der Waals surface area (Å²) in [5, 5.41) is -0.0434. The molecular weight excluding hydrogens is 243 g/mol. The van der Waals surface area contributed by atoms with Crippen LogP contribution in [0.25, 0.3) is 0 Å². The van der Waals surface area contributed by atoms with Crippen LogP contribution in [0.2, 0.25) is 5.02 Å². The molecule has 1 aromatic rings. The minimum Gasteiger partial charge on any atom is -0.397 e. The number of hydrogen-bond acceptors (Lipinski definition) is 2. The van der Waals surface area contributed by atoms with Crippen molar-refractivity contribution in [2.75, 3.05) is 17.2 Å². The second-order valence-electron chi connectivity index (χ2n) is 4.03. The van der Waals surface area contributed by atoms with Crippen LogP contribution in [0.5, 0.6) is 0 Å². The van der Waals surface area contributed by atoms with E-state index in [4.69, 9.17) is 17.3 Å². The Morgan fingerprint density at radius 1 is 1.59 bits per heavy atom. The number of rotatable bonds is 2. The van der Waals surface area contributed by atoms with Gasteiger partial charge in [0.25, 0.3) is 0 Å². The molecule has 1 atom stereocenters. The molecule has 1 heterocycles. The first-order valence-corrected chi connectivity index (χ1v) is 5.58. The highest BCUT2D eigenvalue weighted by molar-refractivity contribution is 6.31. The molecule has 1 aliphatic rings. The first-order chi connectivity index (χ1) is 8.02. The lowest BCUT2D eigenvalue weighted by Crippen LogP contribution is -2.25. The van der Waals surface area contributed by atoms with Crippen LogP contribution in [-0.4, -0.2) is 12.5 Å². The van der Waals surface area contributed by atoms with Gasteiger partial charge in [0.15, 0.2) is 0 Å². The highest BCUT2D eigenvalue weighted by atomic mass is 35.5. The number of halogens is 2. The van der Waals surface area contributed by atoms with Gasteiger partial charge in [-0.3, -0.25) is 4.79 Å². The van der Waals surface area contributed by atoms with Crippen molar-refractivity contribution in [2.45, 2.75) is 6.42 Å². The van der Waals surface area contributed by atoms with Crippen LogP contribution in [0.1, 0.15) is 6.42 Å². The maximum absolute atomic E-state index is 13.4. The summed E-state index contributed by atoms with van der Waals surface area (Å²) in [5.41, 5.74) is 6.42. The highest BCUT2D eigenvalue weighted by Crippen LogP contribution is 2.33. The van der Waals surface area contributed by atoms with Crippen molar-refractivity contribution in [1.82, 2.24) is 0 Å². The number of nitrogens with zero attached hydrogens (tertiary/aromatic N) is 1. The van der Waals surface area contributed by atoms with E-state index in [0.29, 0.717) is 24.3 Å². The van der Waals surface area contributed by atoms with E-state index in [1.165, 1.54) is 17.0 Å². The fourth-order valence-corrected chi connectivity index (χ4v) is 2.08. The van der Waals surface area contributed by atoms with Gasteiger partial charge in [0.05, 0.1) is 16.4 Å². The average Bonchev–Trinajstić information content (AvgIpc) is 2.65. The lowest BCUT2D eigenvalue weighted by atomic mass is 10.1. The largest absolute Gasteiger partial charge is 0.397 e. The summed E-state index contributed by atoms with van der Waals surface area (Å²) >= 11 is 5.61. The normalized spacial score (nSPS) is 19.8. The van der Waals surface area contributed by atoms with Gasteiger partial charge < -0.3 is 10.6 Å². The fraction of sp³-hybridized carbons (Fsp3) is 0.250. The molecule has 1 unspecified atom stereocenters. The van der Waals surface area contributed by atoms with Gasteiger partial charge in [0.1, 0.15) is 5.82 Å². The number of carbonyl (C=O) groups excluding carboxylic acids is 1. The van der Waals surface area contributed by atoms with Gasteiger partial charge in [0, 0.05) is 24.9 Å². The van der Waals surface area contributed by atoms with E-state index in [1.54, 1.807) is 6.08 Å². The van der Waals surface area contributed by atoms with Gasteiger partial charge >= 0.3 is 0 Å². The molecule has 3 nitrogen and oxygen atoms in total. The Bertz CT molecular complexity index is 490. The number of nitrogen functional groups attached to an aromatic ring is 1. The van der Waals surface area contributed by atoms with Gasteiger partial charge in [-0.25, -0.2) is 4.39 Å². The molecule has 0 spiro atoms. The first kappa shape index (κ1) is 11.9. The topological polar surface area (TPSA) is 46.3 Å². The van der Waals surface area contributed by atoms with Crippen molar-refractivity contribution in [3.05, 3.63) is 35.6 Å². The fourth-order valence-electron chi connectivity index (χ4n) is 1.91. The van der Waals surface area contributed by atoms with Gasteiger partial charge in [0.2, 0.25) is 5.91 Å². The van der Waals surface area contributed by atoms with Crippen LogP contribution in [0.3, 0.4) is 0 Å². The molecule has 5 heteroatoms. The standard InChI is InChI=1S/C12H12ClFN2O/c1-2-7-3-12(17)16(6-7)11-5-9(14)8(13)4-10(11)15/h2,4-5,7H,1,3,6,15H2. The van der Waals surface area contributed by atoms with Crippen LogP contribution in [0.15, 0.2) is 24.8 Å². The molecule has 90 valence electrons. The molecule has 1 aromatic carbocycles. The summed E-state index contributed by atoms with van der Waals surface area (Å²) in [6.45, 7) is 4.13. The van der Waals surface area contributed by atoms with Crippen molar-refractivity contribution in [3.63, 3.8) is 0 Å². The summed E-state index contributed by atoms with van der Waals surface area (Å²) in [5.74, 6) is -0.574. The van der Waals surface area contributed by atoms with E-state index in [0.717, 1.165) is 0 Å². The molecule has 1 aliphatic heterocycles. The van der Waals surface area contributed by atoms with E-state index in [1.807, 2.05) is 0 Å². The number of amides is 1. The first-order valence-electron chi connectivity index (χ1n) is 5.20. The van der Waals surface area contributed by atoms with E-state index < -0.39 is 5.82 Å². The van der Waals surface area contributed by atoms with E-state index >= 15 is 0 Å². The Hall–Kier alpha value is -1.55. The second-order valence-corrected chi connectivity index (χ2v) is 4.44. The van der Waals surface area contributed by atoms with E-state index in [2.05, 4.69) is 6.58 Å². The summed E-state index contributed by atoms with van der Waals surface area (Å²) in [4.78, 5) is 13.2. The summed E-state index contributed by atoms with van der Waals surface area (Å²) < 4.78 is 13.4. The third-order valence-corrected chi connectivity index (χ3v) is 3.14. The Morgan fingerprint density at radius 2 is 2.29 bits per heavy atom. The minimum absolute atomic E-state index is 0.0434. The van der Waals surface area contributed by atoms with Crippen LogP contribution in [0, 0.1) is 11.7 Å². The molecule has 2 rings (SSSR count). The molecule has 0 radical (unpaired) electrons. The van der Waals surface area contributed by atoms with E-state index in [9.17, 15) is 9.18 Å². The molecule has 0 aromatic heterocycles. The lowest BCUT2D eigenvalue weighted by Gasteiger charge is -2.18. The molecule has 0 aliphatic carbocycles. The van der Waals surface area contributed by atoms with Crippen LogP contribution in [0.4, 0.5) is 15.8 Å². The maximum atomic E-state index is 13.4. The third kappa shape index (κ3) is 2.13. The number of benzene rings is 1. The Kier molecular flexibility index (Phi) is 3.07. The average molecular weight is 255 g/mol. The van der Waals surface area contributed by atoms with Crippen molar-refractivity contribution < 1.29 is 9.18 Å². The van der Waals surface area contributed by atoms with Gasteiger partial charge in [-0.15, -0.1) is 6.58 Å². The van der Waals surface area contributed by atoms with Gasteiger partial charge in [-0.1, -0.05) is 17.7 Å². The molecular formula is C12H12ClFN2O. The minimum atomic E-state index is -0.578. The lowest BCUT2D eigenvalue weighted by molar-refractivity contribution is -0.117. The second kappa shape index (κ2) is 4.37. The maximum Gasteiger partial charge on any atom is 0.227 e. The Labute approximate surface area is 104 Å². The van der Waals surface area contributed by atoms with E-state index in [-0.39, 0.29) is 16.8 Å². The zero-order valence-corrected chi connectivity index (χ0v) is 9.88. The summed E-state index contributed by atoms with van der Waals surface area (Å²) in [7, 11) is 0. The number of hydrogen-bond donors (Lipinski definition) is 1. The monoisotopic (exact) mass is 254 g/mol. The summed E-state index contributed by atoms with van der Waals surface area (Å²) in [6.07, 6.45) is 2.10. The SMILES string of the molecule is C=CC1CC(=O)N(c2cc(F)c(Cl)cc2N)C1. The number of anilines is 2. The quantitative estimate of drug-likeness (QED) is 0.651. The predicted octanol–water partition coefficient (Wildman–Crippen LogP) is 2.60. The third-order valence-electron chi connectivity index (χ3n) is 2.85. The van der Waals surface area contributed by atoms with Crippen LogP contribution >= 0.6 is 11.6 Å². The van der Waals surface area contributed by atoms with Crippen molar-refractivity contribution >= 4 is 28.9 Å². The molecule has 1 amide bonds. The predicted molar refractivity (Wildman–Crippen MR) is 66.5 cm³/mol. The number of carbonyl (C=O) groups is 1. The summed E-state index contributed by atoms with van der Waals surface area (Å²) in [6, 6.07) is 2.52. The molecule has 1 saturated heterocycles. The van der Waals surface area contributed by atoms with Crippen LogP contribution < -0.4 is 10.6 Å². The smallest absolute Gasteiger partial charge is 0.227 e. The van der Waals surface area contributed by atoms with Crippen molar-refractivity contribution in [3.8, 4) is 0 Å². The molecule has 2 N–H and O–H groups in total. The van der Waals surface area contributed by atoms with Gasteiger partial charge in [-0.2, -0.15) is 0 Å². The van der Waals surface area contributed by atoms with Gasteiger partial charge in [-0.05, 0) is 6.07 Å². The van der Waals surface area contributed by atoms with Crippen LogP contribution in [-0.2, 0) is 4.79 Å². The van der Waals surface area contributed by atoms with Crippen molar-refractivity contribution in [1.29, 1.82) is 0 Å². The molecule has 0 saturated carbocycles. The zero-order valence-electron chi connectivity index (χ0n) is 9.12. The Morgan fingerprint density at radius 3 is 2.88 bits per heavy atom. The highest BCUT2D eigenvalue weighted by Gasteiger charge is 2.30.